The van der Waals surface area contributed by atoms with Crippen LogP contribution in [0.25, 0.3) is 0 Å². The molecule has 0 spiro atoms. The Morgan fingerprint density at radius 3 is 0.625 bits per heavy atom. The number of carbonyl (C=O) groups is 8. The van der Waals surface area contributed by atoms with Crippen LogP contribution in [0.4, 0.5) is 11.4 Å². The van der Waals surface area contributed by atoms with Gasteiger partial charge in [0, 0.05) is 69.0 Å². The zero-order valence-electron chi connectivity index (χ0n) is 52.0. The number of anilines is 2. The van der Waals surface area contributed by atoms with Gasteiger partial charge in [0.05, 0.1) is 38.9 Å². The smallest absolute Gasteiger partial charge is 0.170 e. The first-order valence-corrected chi connectivity index (χ1v) is 30.1. The molecule has 0 saturated carbocycles. The van der Waals surface area contributed by atoms with E-state index >= 15 is 0 Å². The molecule has 0 aliphatic heterocycles. The van der Waals surface area contributed by atoms with Crippen molar-refractivity contribution in [3.63, 3.8) is 0 Å². The molecule has 8 rings (SSSR count). The number of ketones is 8. The SMILES string of the molecule is CCCNc1ccc(C(=O)CC(=O)c2ccc(C)cc2)cc1.CCCNc1ccc(C(=O)CC(=O)c2ccc(C)cc2)cc1.CCCOc1ccc(C(=O)CC(=O)c2ccc(C)cc2)cc1.CCCOc1ccc(C(=O)CC(=O)c2ccc(C)cc2)cc1. The maximum Gasteiger partial charge on any atom is 0.170 e. The number of ether oxygens (including phenoxy) is 2. The molecule has 0 aliphatic carbocycles. The Balaban J connectivity index is 0.000000214. The van der Waals surface area contributed by atoms with Crippen LogP contribution >= 0.6 is 0 Å². The van der Waals surface area contributed by atoms with Gasteiger partial charge in [0.15, 0.2) is 46.3 Å². The van der Waals surface area contributed by atoms with Crippen LogP contribution in [0, 0.1) is 27.7 Å². The van der Waals surface area contributed by atoms with Crippen LogP contribution < -0.4 is 20.1 Å². The van der Waals surface area contributed by atoms with Crippen molar-refractivity contribution in [3.8, 4) is 11.5 Å². The fraction of sp³-hybridized carbons (Fsp3) is 0.263. The second kappa shape index (κ2) is 37.0. The average Bonchev–Trinajstić information content (AvgIpc) is 3.70. The van der Waals surface area contributed by atoms with Crippen LogP contribution in [0.1, 0.15) is 184 Å². The first-order valence-electron chi connectivity index (χ1n) is 30.1. The van der Waals surface area contributed by atoms with Crippen molar-refractivity contribution >= 4 is 57.6 Å². The number of benzene rings is 8. The molecular weight excluding hydrogens is 1100 g/mol. The fourth-order valence-electron chi connectivity index (χ4n) is 8.36. The molecule has 0 aromatic heterocycles. The monoisotopic (exact) mass is 1180 g/mol. The van der Waals surface area contributed by atoms with Crippen molar-refractivity contribution in [1.82, 2.24) is 0 Å². The summed E-state index contributed by atoms with van der Waals surface area (Å²) in [4.78, 5) is 97.1. The molecule has 0 fully saturated rings. The van der Waals surface area contributed by atoms with E-state index < -0.39 is 0 Å². The van der Waals surface area contributed by atoms with Crippen molar-refractivity contribution in [2.75, 3.05) is 36.9 Å². The lowest BCUT2D eigenvalue weighted by molar-refractivity contribution is 0.0878. The van der Waals surface area contributed by atoms with Crippen molar-refractivity contribution in [2.24, 2.45) is 0 Å². The molecule has 0 atom stereocenters. The number of carbonyl (C=O) groups excluding carboxylic acids is 8. The molecule has 0 aliphatic rings. The number of nitrogens with one attached hydrogen (secondary N) is 2. The van der Waals surface area contributed by atoms with Gasteiger partial charge in [-0.25, -0.2) is 0 Å². The van der Waals surface area contributed by atoms with E-state index in [1.165, 1.54) is 0 Å². The predicted octanol–water partition coefficient (Wildman–Crippen LogP) is 17.0. The number of Topliss-reactive ketones (excluding diaryl/α,β-unsaturated/α-hetero) is 8. The summed E-state index contributed by atoms with van der Waals surface area (Å²) in [6.07, 6.45) is 3.56. The Bertz CT molecular complexity index is 3040. The summed E-state index contributed by atoms with van der Waals surface area (Å²) in [5.74, 6) is 0.246. The van der Waals surface area contributed by atoms with Crippen LogP contribution in [0.2, 0.25) is 0 Å². The van der Waals surface area contributed by atoms with Crippen molar-refractivity contribution in [1.29, 1.82) is 0 Å². The van der Waals surface area contributed by atoms with Gasteiger partial charge in [-0.15, -0.1) is 0 Å². The number of rotatable bonds is 28. The zero-order valence-corrected chi connectivity index (χ0v) is 52.0. The highest BCUT2D eigenvalue weighted by molar-refractivity contribution is 6.16. The quantitative estimate of drug-likeness (QED) is 0.0351. The van der Waals surface area contributed by atoms with Crippen LogP contribution in [-0.2, 0) is 0 Å². The Morgan fingerprint density at radius 1 is 0.261 bits per heavy atom. The normalized spacial score (nSPS) is 10.3. The molecule has 88 heavy (non-hydrogen) atoms. The van der Waals surface area contributed by atoms with E-state index in [4.69, 9.17) is 9.47 Å². The minimum atomic E-state index is -0.174. The molecule has 0 unspecified atom stereocenters. The number of hydrogen-bond acceptors (Lipinski definition) is 12. The highest BCUT2D eigenvalue weighted by atomic mass is 16.5. The number of hydrogen-bond donors (Lipinski definition) is 2. The molecule has 12 nitrogen and oxygen atoms in total. The van der Waals surface area contributed by atoms with E-state index in [1.807, 2.05) is 114 Å². The van der Waals surface area contributed by atoms with Crippen molar-refractivity contribution < 1.29 is 47.8 Å². The lowest BCUT2D eigenvalue weighted by Gasteiger charge is -2.06. The highest BCUT2D eigenvalue weighted by Crippen LogP contribution is 2.20. The second-order valence-corrected chi connectivity index (χ2v) is 21.3. The third-order valence-electron chi connectivity index (χ3n) is 13.6. The average molecular weight is 1180 g/mol. The molecular formula is C76H82N2O10. The van der Waals surface area contributed by atoms with E-state index in [0.29, 0.717) is 57.7 Å². The Labute approximate surface area is 519 Å². The molecule has 8 aromatic carbocycles. The summed E-state index contributed by atoms with van der Waals surface area (Å²) in [6, 6.07) is 57.5. The fourth-order valence-corrected chi connectivity index (χ4v) is 8.36. The Hall–Kier alpha value is -9.68. The largest absolute Gasteiger partial charge is 0.494 e. The lowest BCUT2D eigenvalue weighted by Crippen LogP contribution is -2.09. The van der Waals surface area contributed by atoms with Gasteiger partial charge in [0.1, 0.15) is 11.5 Å². The molecule has 0 radical (unpaired) electrons. The summed E-state index contributed by atoms with van der Waals surface area (Å²) in [5, 5.41) is 6.51. The third kappa shape index (κ3) is 24.0. The van der Waals surface area contributed by atoms with Crippen LogP contribution in [0.3, 0.4) is 0 Å². The summed E-state index contributed by atoms with van der Waals surface area (Å²) in [7, 11) is 0. The van der Waals surface area contributed by atoms with Gasteiger partial charge >= 0.3 is 0 Å². The van der Waals surface area contributed by atoms with Crippen LogP contribution in [0.5, 0.6) is 11.5 Å². The van der Waals surface area contributed by atoms with Crippen molar-refractivity contribution in [3.05, 3.63) is 261 Å². The van der Waals surface area contributed by atoms with E-state index in [1.54, 1.807) is 121 Å². The summed E-state index contributed by atoms with van der Waals surface area (Å²) >= 11 is 0. The topological polar surface area (TPSA) is 179 Å². The molecule has 0 saturated heterocycles. The van der Waals surface area contributed by atoms with E-state index in [9.17, 15) is 38.4 Å². The maximum absolute atomic E-state index is 12.2. The number of aryl methyl sites for hydroxylation is 4. The molecule has 0 bridgehead atoms. The van der Waals surface area contributed by atoms with Gasteiger partial charge in [0.25, 0.3) is 0 Å². The van der Waals surface area contributed by atoms with E-state index in [2.05, 4.69) is 24.5 Å². The van der Waals surface area contributed by atoms with Crippen molar-refractivity contribution in [2.45, 2.75) is 107 Å². The minimum Gasteiger partial charge on any atom is -0.494 e. The molecule has 0 heterocycles. The third-order valence-corrected chi connectivity index (χ3v) is 13.6. The Kier molecular flexibility index (Phi) is 29.1. The van der Waals surface area contributed by atoms with Gasteiger partial charge in [-0.05, 0) is 150 Å². The predicted molar refractivity (Wildman–Crippen MR) is 353 cm³/mol. The second-order valence-electron chi connectivity index (χ2n) is 21.3. The molecule has 8 aromatic rings. The van der Waals surface area contributed by atoms with E-state index in [-0.39, 0.29) is 71.9 Å². The maximum atomic E-state index is 12.2. The lowest BCUT2D eigenvalue weighted by atomic mass is 10.0. The first kappa shape index (κ1) is 69.1. The standard InChI is InChI=1S/2C19H21NO2.2C19H20O3/c2*1-3-12-20-17-10-8-16(9-11-17)19(22)13-18(21)15-6-4-14(2)5-7-15;2*1-3-12-22-17-10-8-16(9-11-17)19(21)13-18(20)15-6-4-14(2)5-7-15/h2*4-11,20H,3,12-13H2,1-2H3;2*4-11H,3,12-13H2,1-2H3. The summed E-state index contributed by atoms with van der Waals surface area (Å²) in [6.45, 7) is 19.2. The van der Waals surface area contributed by atoms with Crippen LogP contribution in [0.15, 0.2) is 194 Å². The van der Waals surface area contributed by atoms with Gasteiger partial charge in [0.2, 0.25) is 0 Å². The molecule has 2 N–H and O–H groups in total. The molecule has 456 valence electrons. The summed E-state index contributed by atoms with van der Waals surface area (Å²) < 4.78 is 10.9. The minimum absolute atomic E-state index is 0.0925. The van der Waals surface area contributed by atoms with E-state index in [0.717, 1.165) is 83.9 Å². The van der Waals surface area contributed by atoms with Gasteiger partial charge in [-0.1, -0.05) is 147 Å². The van der Waals surface area contributed by atoms with Gasteiger partial charge in [-0.2, -0.15) is 0 Å². The van der Waals surface area contributed by atoms with Crippen LogP contribution in [-0.4, -0.2) is 72.6 Å². The van der Waals surface area contributed by atoms with Gasteiger partial charge in [-0.3, -0.25) is 38.4 Å². The highest BCUT2D eigenvalue weighted by Gasteiger charge is 2.18. The molecule has 0 amide bonds. The molecule has 12 heteroatoms. The Morgan fingerprint density at radius 2 is 0.443 bits per heavy atom. The van der Waals surface area contributed by atoms with Gasteiger partial charge < -0.3 is 20.1 Å². The summed E-state index contributed by atoms with van der Waals surface area (Å²) in [5.41, 5.74) is 10.9. The first-order chi connectivity index (χ1) is 42.4. The zero-order chi connectivity index (χ0) is 63.8.